The molecule has 1 N–H and O–H groups in total. The highest BCUT2D eigenvalue weighted by Crippen LogP contribution is 2.01. The van der Waals surface area contributed by atoms with Crippen molar-refractivity contribution in [1.29, 1.82) is 0 Å². The number of rotatable bonds is 4. The molecule has 1 aromatic heterocycles. The third-order valence-electron chi connectivity index (χ3n) is 1.67. The lowest BCUT2D eigenvalue weighted by atomic mass is 10.3. The van der Waals surface area contributed by atoms with Crippen LogP contribution >= 0.6 is 12.6 Å². The molecule has 0 aliphatic rings. The van der Waals surface area contributed by atoms with Crippen molar-refractivity contribution < 1.29 is 17.5 Å². The van der Waals surface area contributed by atoms with Gasteiger partial charge >= 0.3 is 0 Å². The van der Waals surface area contributed by atoms with Crippen molar-refractivity contribution >= 4 is 22.7 Å². The van der Waals surface area contributed by atoms with E-state index in [0.29, 0.717) is 5.56 Å². The van der Waals surface area contributed by atoms with E-state index >= 15 is 0 Å². The van der Waals surface area contributed by atoms with E-state index in [1.165, 1.54) is 0 Å². The summed E-state index contributed by atoms with van der Waals surface area (Å²) in [5.74, 6) is 0.386. The van der Waals surface area contributed by atoms with Gasteiger partial charge in [0.2, 0.25) is 0 Å². The molecule has 0 atom stereocenters. The first kappa shape index (κ1) is 11.5. The third kappa shape index (κ3) is 4.08. The third-order valence-corrected chi connectivity index (χ3v) is 2.57. The molecule has 0 radical (unpaired) electrons. The zero-order valence-corrected chi connectivity index (χ0v) is 9.21. The highest BCUT2D eigenvalue weighted by atomic mass is 32.2. The highest BCUT2D eigenvalue weighted by molar-refractivity contribution is 7.85. The predicted molar refractivity (Wildman–Crippen MR) is 55.7 cm³/mol. The fourth-order valence-corrected chi connectivity index (χ4v) is 1.90. The van der Waals surface area contributed by atoms with Gasteiger partial charge in [-0.3, -0.25) is 4.55 Å². The number of pyridine rings is 1. The van der Waals surface area contributed by atoms with Crippen LogP contribution in [0, 0.1) is 0 Å². The molecule has 0 spiro atoms. The first-order valence-corrected chi connectivity index (χ1v) is 6.29. The Morgan fingerprint density at radius 2 is 1.93 bits per heavy atom. The van der Waals surface area contributed by atoms with Gasteiger partial charge in [-0.1, -0.05) is 0 Å². The monoisotopic (exact) mass is 234 g/mol. The lowest BCUT2D eigenvalue weighted by molar-refractivity contribution is -0.692. The van der Waals surface area contributed by atoms with E-state index in [1.54, 1.807) is 24.5 Å². The van der Waals surface area contributed by atoms with Gasteiger partial charge in [0.05, 0.1) is 0 Å². The van der Waals surface area contributed by atoms with Crippen molar-refractivity contribution in [3.05, 3.63) is 30.1 Å². The summed E-state index contributed by atoms with van der Waals surface area (Å²) >= 11 is 4.07. The maximum Gasteiger partial charge on any atom is 0.269 e. The van der Waals surface area contributed by atoms with Gasteiger partial charge in [0, 0.05) is 17.9 Å². The van der Waals surface area contributed by atoms with E-state index in [1.807, 2.05) is 4.57 Å². The Morgan fingerprint density at radius 1 is 1.36 bits per heavy atom. The molecule has 0 unspecified atom stereocenters. The van der Waals surface area contributed by atoms with Crippen molar-refractivity contribution in [2.75, 3.05) is 5.75 Å². The molecule has 0 saturated heterocycles. The van der Waals surface area contributed by atoms with Gasteiger partial charge in [0.1, 0.15) is 5.75 Å². The Morgan fingerprint density at radius 3 is 2.36 bits per heavy atom. The van der Waals surface area contributed by atoms with E-state index in [-0.39, 0.29) is 5.75 Å². The molecule has 0 saturated carbocycles. The zero-order chi connectivity index (χ0) is 10.6. The molecule has 0 aliphatic heterocycles. The molecule has 0 bridgehead atoms. The summed E-state index contributed by atoms with van der Waals surface area (Å²) in [4.78, 5) is 0. The van der Waals surface area contributed by atoms with E-state index in [9.17, 15) is 8.42 Å². The summed E-state index contributed by atoms with van der Waals surface area (Å²) < 4.78 is 31.6. The van der Waals surface area contributed by atoms with Gasteiger partial charge in [-0.05, 0) is 5.56 Å². The summed E-state index contributed by atoms with van der Waals surface area (Å²) in [6.45, 7) is 0.773. The van der Waals surface area contributed by atoms with Crippen LogP contribution in [-0.2, 0) is 22.4 Å². The smallest absolute Gasteiger partial charge is 0.269 e. The lowest BCUT2D eigenvalue weighted by Gasteiger charge is -1.97. The van der Waals surface area contributed by atoms with E-state index in [4.69, 9.17) is 4.55 Å². The molecule has 0 aliphatic carbocycles. The van der Waals surface area contributed by atoms with Crippen LogP contribution in [0.5, 0.6) is 0 Å². The predicted octanol–water partition coefficient (Wildman–Crippen LogP) is 0.292. The highest BCUT2D eigenvalue weighted by Gasteiger charge is 2.07. The molecule has 6 heteroatoms. The van der Waals surface area contributed by atoms with E-state index < -0.39 is 10.1 Å². The Labute approximate surface area is 88.7 Å². The standard InChI is InChI=1S/C8H11NO3S2/c10-14(11,12)7-8-1-3-9(4-2-8)5-6-13/h1-4H,5-7H2,(H-,10,11,12,13)/p+1. The first-order valence-electron chi connectivity index (χ1n) is 4.05. The molecule has 1 rings (SSSR count). The summed E-state index contributed by atoms with van der Waals surface area (Å²) in [5.41, 5.74) is 0.572. The van der Waals surface area contributed by atoms with Crippen molar-refractivity contribution in [2.45, 2.75) is 12.3 Å². The van der Waals surface area contributed by atoms with E-state index in [2.05, 4.69) is 12.6 Å². The summed E-state index contributed by atoms with van der Waals surface area (Å²) in [7, 11) is -3.93. The van der Waals surface area contributed by atoms with Gasteiger partial charge in [-0.2, -0.15) is 21.0 Å². The number of aromatic nitrogens is 1. The summed E-state index contributed by atoms with van der Waals surface area (Å²) in [6.07, 6.45) is 3.52. The molecule has 0 amide bonds. The van der Waals surface area contributed by atoms with Crippen molar-refractivity contribution in [3.8, 4) is 0 Å². The molecule has 4 nitrogen and oxygen atoms in total. The average Bonchev–Trinajstić information content (AvgIpc) is 2.06. The van der Waals surface area contributed by atoms with Gasteiger partial charge < -0.3 is 0 Å². The molecular weight excluding hydrogens is 222 g/mol. The number of nitrogens with zero attached hydrogens (tertiary/aromatic N) is 1. The molecule has 14 heavy (non-hydrogen) atoms. The van der Waals surface area contributed by atoms with Crippen LogP contribution in [0.2, 0.25) is 0 Å². The van der Waals surface area contributed by atoms with Crippen LogP contribution in [0.25, 0.3) is 0 Å². The fourth-order valence-electron chi connectivity index (χ4n) is 1.06. The van der Waals surface area contributed by atoms with Crippen LogP contribution in [-0.4, -0.2) is 18.7 Å². The van der Waals surface area contributed by atoms with E-state index in [0.717, 1.165) is 12.3 Å². The van der Waals surface area contributed by atoms with Crippen molar-refractivity contribution in [3.63, 3.8) is 0 Å². The van der Waals surface area contributed by atoms with Crippen LogP contribution in [0.15, 0.2) is 24.5 Å². The summed E-state index contributed by atoms with van der Waals surface area (Å²) in [6, 6.07) is 3.33. The zero-order valence-electron chi connectivity index (χ0n) is 7.50. The molecule has 1 heterocycles. The SMILES string of the molecule is O=S(=O)(O)Cc1cc[n+](CCS)cc1. The molecule has 1 aromatic rings. The second-order valence-corrected chi connectivity index (χ2v) is 4.79. The largest absolute Gasteiger partial charge is 0.285 e. The first-order chi connectivity index (χ1) is 6.51. The van der Waals surface area contributed by atoms with Gasteiger partial charge in [-0.25, -0.2) is 4.57 Å². The van der Waals surface area contributed by atoms with Crippen molar-refractivity contribution in [2.24, 2.45) is 0 Å². The number of hydrogen-bond acceptors (Lipinski definition) is 3. The topological polar surface area (TPSA) is 58.3 Å². The maximum absolute atomic E-state index is 10.5. The lowest BCUT2D eigenvalue weighted by Crippen LogP contribution is -2.33. The second kappa shape index (κ2) is 4.77. The minimum absolute atomic E-state index is 0.339. The number of thiol groups is 1. The van der Waals surface area contributed by atoms with Crippen molar-refractivity contribution in [1.82, 2.24) is 0 Å². The molecular formula is C8H12NO3S2+. The quantitative estimate of drug-likeness (QED) is 0.447. The number of aryl methyl sites for hydroxylation is 1. The molecule has 0 aromatic carbocycles. The summed E-state index contributed by atoms with van der Waals surface area (Å²) in [5, 5.41) is 0. The Balaban J connectivity index is 2.74. The minimum Gasteiger partial charge on any atom is -0.285 e. The minimum atomic E-state index is -3.93. The maximum atomic E-state index is 10.5. The number of hydrogen-bond donors (Lipinski definition) is 2. The molecule has 0 fully saturated rings. The van der Waals surface area contributed by atoms with Gasteiger partial charge in [-0.15, -0.1) is 0 Å². The van der Waals surface area contributed by atoms with Crippen LogP contribution in [0.1, 0.15) is 5.56 Å². The van der Waals surface area contributed by atoms with Crippen LogP contribution in [0.3, 0.4) is 0 Å². The van der Waals surface area contributed by atoms with Gasteiger partial charge in [0.15, 0.2) is 18.9 Å². The van der Waals surface area contributed by atoms with Crippen LogP contribution in [0.4, 0.5) is 0 Å². The Bertz CT molecular complexity index is 386. The van der Waals surface area contributed by atoms with Gasteiger partial charge in [0.25, 0.3) is 10.1 Å². The normalized spacial score (nSPS) is 11.6. The fraction of sp³-hybridized carbons (Fsp3) is 0.375. The van der Waals surface area contributed by atoms with Crippen LogP contribution < -0.4 is 4.57 Å². The second-order valence-electron chi connectivity index (χ2n) is 2.89. The Kier molecular flexibility index (Phi) is 3.91. The average molecular weight is 234 g/mol. The Hall–Kier alpha value is -0.590. The molecule has 78 valence electrons.